The van der Waals surface area contributed by atoms with E-state index in [9.17, 15) is 0 Å². The second-order valence-corrected chi connectivity index (χ2v) is 6.45. The molecular formula is C15H27N5. The summed E-state index contributed by atoms with van der Waals surface area (Å²) >= 11 is 0. The summed E-state index contributed by atoms with van der Waals surface area (Å²) in [5, 5.41) is 11.0. The van der Waals surface area contributed by atoms with E-state index in [0.717, 1.165) is 43.7 Å². The summed E-state index contributed by atoms with van der Waals surface area (Å²) in [4.78, 5) is 7.01. The molecule has 112 valence electrons. The Kier molecular flexibility index (Phi) is 4.55. The second kappa shape index (κ2) is 6.57. The van der Waals surface area contributed by atoms with Crippen LogP contribution in [0.25, 0.3) is 0 Å². The van der Waals surface area contributed by atoms with Crippen molar-refractivity contribution in [3.05, 3.63) is 5.82 Å². The monoisotopic (exact) mass is 277 g/mol. The van der Waals surface area contributed by atoms with Crippen LogP contribution in [0.2, 0.25) is 0 Å². The molecule has 20 heavy (non-hydrogen) atoms. The van der Waals surface area contributed by atoms with Gasteiger partial charge in [0.25, 0.3) is 0 Å². The maximum absolute atomic E-state index is 4.72. The molecule has 0 radical (unpaired) electrons. The van der Waals surface area contributed by atoms with Gasteiger partial charge >= 0.3 is 0 Å². The number of nitrogens with one attached hydrogen (secondary N) is 2. The quantitative estimate of drug-likeness (QED) is 0.831. The van der Waals surface area contributed by atoms with E-state index in [-0.39, 0.29) is 0 Å². The fourth-order valence-corrected chi connectivity index (χ4v) is 3.47. The smallest absolute Gasteiger partial charge is 0.244 e. The number of hydrogen-bond acceptors (Lipinski definition) is 4. The third kappa shape index (κ3) is 3.51. The number of nitrogens with zero attached hydrogens (tertiary/aromatic N) is 3. The number of aromatic nitrogens is 3. The Morgan fingerprint density at radius 1 is 1.20 bits per heavy atom. The molecule has 1 aromatic heterocycles. The molecule has 5 heteroatoms. The summed E-state index contributed by atoms with van der Waals surface area (Å²) in [6, 6.07) is 0.521. The first-order chi connectivity index (χ1) is 9.81. The van der Waals surface area contributed by atoms with Crippen LogP contribution in [0.15, 0.2) is 0 Å². The van der Waals surface area contributed by atoms with E-state index in [4.69, 9.17) is 4.98 Å². The van der Waals surface area contributed by atoms with E-state index in [1.807, 2.05) is 0 Å². The topological polar surface area (TPSA) is 56.8 Å². The number of rotatable bonds is 3. The van der Waals surface area contributed by atoms with Crippen molar-refractivity contribution in [2.45, 2.75) is 57.9 Å². The van der Waals surface area contributed by atoms with Gasteiger partial charge in [-0.3, -0.25) is 5.10 Å². The van der Waals surface area contributed by atoms with E-state index >= 15 is 0 Å². The summed E-state index contributed by atoms with van der Waals surface area (Å²) in [6.45, 7) is 5.24. The minimum atomic E-state index is 0.521. The Hall–Kier alpha value is -1.10. The van der Waals surface area contributed by atoms with Crippen LogP contribution in [0.5, 0.6) is 0 Å². The lowest BCUT2D eigenvalue weighted by Gasteiger charge is -2.30. The van der Waals surface area contributed by atoms with Crippen LogP contribution in [-0.2, 0) is 6.42 Å². The van der Waals surface area contributed by atoms with Gasteiger partial charge in [0.15, 0.2) is 0 Å². The van der Waals surface area contributed by atoms with Crippen molar-refractivity contribution in [1.82, 2.24) is 20.5 Å². The molecule has 2 heterocycles. The highest BCUT2D eigenvalue weighted by atomic mass is 15.4. The van der Waals surface area contributed by atoms with Crippen molar-refractivity contribution in [1.29, 1.82) is 0 Å². The van der Waals surface area contributed by atoms with Crippen LogP contribution in [0.4, 0.5) is 5.95 Å². The van der Waals surface area contributed by atoms with Crippen LogP contribution in [0.3, 0.4) is 0 Å². The van der Waals surface area contributed by atoms with E-state index in [1.54, 1.807) is 0 Å². The first-order valence-electron chi connectivity index (χ1n) is 8.21. The first kappa shape index (κ1) is 13.9. The van der Waals surface area contributed by atoms with Gasteiger partial charge in [0, 0.05) is 32.1 Å². The molecule has 0 bridgehead atoms. The molecule has 2 N–H and O–H groups in total. The van der Waals surface area contributed by atoms with Crippen molar-refractivity contribution in [2.75, 3.05) is 24.5 Å². The zero-order chi connectivity index (χ0) is 13.8. The number of aromatic amines is 1. The summed E-state index contributed by atoms with van der Waals surface area (Å²) in [5.74, 6) is 2.78. The molecule has 0 spiro atoms. The average Bonchev–Trinajstić information content (AvgIpc) is 2.75. The highest BCUT2D eigenvalue weighted by molar-refractivity contribution is 5.30. The molecule has 3 rings (SSSR count). The number of H-pyrrole nitrogens is 1. The predicted octanol–water partition coefficient (Wildman–Crippen LogP) is 2.12. The van der Waals surface area contributed by atoms with Crippen LogP contribution in [-0.4, -0.2) is 40.9 Å². The highest BCUT2D eigenvalue weighted by Gasteiger charge is 2.20. The van der Waals surface area contributed by atoms with Crippen molar-refractivity contribution >= 4 is 5.95 Å². The molecule has 1 saturated carbocycles. The number of hydrogen-bond donors (Lipinski definition) is 2. The lowest BCUT2D eigenvalue weighted by atomic mass is 9.96. The molecule has 1 aromatic rings. The standard InChI is InChI=1S/C15H27N5/c1-12-11-20(9-8-16-12)15-17-14(18-19-15)10-13-6-4-2-3-5-7-13/h12-13,16H,2-11H2,1H3,(H,17,18,19)/t12-/m1/s1. The normalized spacial score (nSPS) is 25.6. The Labute approximate surface area is 121 Å². The van der Waals surface area contributed by atoms with Gasteiger partial charge in [-0.15, -0.1) is 5.10 Å². The van der Waals surface area contributed by atoms with Crippen LogP contribution in [0, 0.1) is 5.92 Å². The van der Waals surface area contributed by atoms with Gasteiger partial charge < -0.3 is 10.2 Å². The SMILES string of the molecule is C[C@@H]1CN(c2n[nH]c(CC3CCCCCC3)n2)CCN1. The zero-order valence-electron chi connectivity index (χ0n) is 12.6. The molecule has 0 unspecified atom stereocenters. The molecule has 1 atom stereocenters. The first-order valence-corrected chi connectivity index (χ1v) is 8.21. The fraction of sp³-hybridized carbons (Fsp3) is 0.867. The van der Waals surface area contributed by atoms with Crippen molar-refractivity contribution in [3.63, 3.8) is 0 Å². The van der Waals surface area contributed by atoms with Gasteiger partial charge in [0.1, 0.15) is 5.82 Å². The van der Waals surface area contributed by atoms with Crippen LogP contribution >= 0.6 is 0 Å². The molecule has 1 saturated heterocycles. The molecule has 2 fully saturated rings. The van der Waals surface area contributed by atoms with E-state index < -0.39 is 0 Å². The minimum Gasteiger partial charge on any atom is -0.337 e. The lowest BCUT2D eigenvalue weighted by Crippen LogP contribution is -2.49. The maximum atomic E-state index is 4.72. The fourth-order valence-electron chi connectivity index (χ4n) is 3.47. The molecule has 0 amide bonds. The second-order valence-electron chi connectivity index (χ2n) is 6.45. The van der Waals surface area contributed by atoms with E-state index in [2.05, 4.69) is 27.3 Å². The van der Waals surface area contributed by atoms with E-state index in [1.165, 1.54) is 38.5 Å². The van der Waals surface area contributed by atoms with Crippen LogP contribution in [0.1, 0.15) is 51.3 Å². The Morgan fingerprint density at radius 3 is 2.75 bits per heavy atom. The van der Waals surface area contributed by atoms with Gasteiger partial charge in [-0.2, -0.15) is 4.98 Å². The van der Waals surface area contributed by atoms with Crippen LogP contribution < -0.4 is 10.2 Å². The lowest BCUT2D eigenvalue weighted by molar-refractivity contribution is 0.448. The van der Waals surface area contributed by atoms with Gasteiger partial charge in [-0.05, 0) is 12.8 Å². The number of piperazine rings is 1. The molecular weight excluding hydrogens is 250 g/mol. The maximum Gasteiger partial charge on any atom is 0.244 e. The summed E-state index contributed by atoms with van der Waals surface area (Å²) in [7, 11) is 0. The summed E-state index contributed by atoms with van der Waals surface area (Å²) < 4.78 is 0. The highest BCUT2D eigenvalue weighted by Crippen LogP contribution is 2.25. The third-order valence-electron chi connectivity index (χ3n) is 4.63. The van der Waals surface area contributed by atoms with Crippen molar-refractivity contribution < 1.29 is 0 Å². The number of anilines is 1. The predicted molar refractivity (Wildman–Crippen MR) is 81.0 cm³/mol. The average molecular weight is 277 g/mol. The zero-order valence-corrected chi connectivity index (χ0v) is 12.6. The summed E-state index contributed by atoms with van der Waals surface area (Å²) in [6.07, 6.45) is 9.41. The largest absolute Gasteiger partial charge is 0.337 e. The van der Waals surface area contributed by atoms with Gasteiger partial charge in [-0.25, -0.2) is 0 Å². The molecule has 1 aliphatic carbocycles. The Bertz CT molecular complexity index is 408. The summed E-state index contributed by atoms with van der Waals surface area (Å²) in [5.41, 5.74) is 0. The van der Waals surface area contributed by atoms with Gasteiger partial charge in [0.2, 0.25) is 5.95 Å². The molecule has 1 aliphatic heterocycles. The molecule has 2 aliphatic rings. The van der Waals surface area contributed by atoms with Crippen molar-refractivity contribution in [3.8, 4) is 0 Å². The molecule has 5 nitrogen and oxygen atoms in total. The van der Waals surface area contributed by atoms with Gasteiger partial charge in [-0.1, -0.05) is 38.5 Å². The van der Waals surface area contributed by atoms with E-state index in [0.29, 0.717) is 6.04 Å². The Balaban J connectivity index is 1.58. The van der Waals surface area contributed by atoms with Gasteiger partial charge in [0.05, 0.1) is 0 Å². The van der Waals surface area contributed by atoms with Crippen molar-refractivity contribution in [2.24, 2.45) is 5.92 Å². The third-order valence-corrected chi connectivity index (χ3v) is 4.63. The Morgan fingerprint density at radius 2 is 2.00 bits per heavy atom. The molecule has 0 aromatic carbocycles. The minimum absolute atomic E-state index is 0.521.